The van der Waals surface area contributed by atoms with Crippen molar-refractivity contribution in [3.8, 4) is 0 Å². The molecule has 0 N–H and O–H groups in total. The molecule has 1 unspecified atom stereocenters. The van der Waals surface area contributed by atoms with Crippen molar-refractivity contribution in [1.29, 1.82) is 0 Å². The Balaban J connectivity index is 2.06. The lowest BCUT2D eigenvalue weighted by molar-refractivity contribution is 0.586. The molecule has 0 aliphatic rings. The molecule has 0 radical (unpaired) electrons. The standard InChI is InChI=1S/C18H16O2S/c1-14(21(19,20)18-9-3-2-4-10-18)16-12-11-15-7-5-6-8-17(15)13-16/h2-14H,1H3. The van der Waals surface area contributed by atoms with Crippen molar-refractivity contribution < 1.29 is 8.42 Å². The minimum absolute atomic E-state index is 0.366. The molecule has 0 spiro atoms. The van der Waals surface area contributed by atoms with Crippen LogP contribution >= 0.6 is 0 Å². The number of sulfone groups is 1. The molecular weight excluding hydrogens is 280 g/mol. The molecule has 0 saturated heterocycles. The van der Waals surface area contributed by atoms with Crippen molar-refractivity contribution in [2.45, 2.75) is 17.1 Å². The van der Waals surface area contributed by atoms with Crippen LogP contribution in [-0.2, 0) is 9.84 Å². The predicted molar refractivity (Wildman–Crippen MR) is 86.0 cm³/mol. The highest BCUT2D eigenvalue weighted by Crippen LogP contribution is 2.30. The Bertz CT molecular complexity index is 868. The lowest BCUT2D eigenvalue weighted by atomic mass is 10.1. The molecule has 21 heavy (non-hydrogen) atoms. The molecule has 0 bridgehead atoms. The van der Waals surface area contributed by atoms with Crippen LogP contribution in [0.2, 0.25) is 0 Å². The molecule has 106 valence electrons. The van der Waals surface area contributed by atoms with Gasteiger partial charge in [0.1, 0.15) is 0 Å². The number of benzene rings is 3. The van der Waals surface area contributed by atoms with Crippen molar-refractivity contribution >= 4 is 20.6 Å². The van der Waals surface area contributed by atoms with Gasteiger partial charge in [0, 0.05) is 0 Å². The molecule has 0 aliphatic carbocycles. The lowest BCUT2D eigenvalue weighted by Gasteiger charge is -2.14. The Hall–Kier alpha value is -2.13. The zero-order valence-corrected chi connectivity index (χ0v) is 12.5. The maximum atomic E-state index is 12.7. The first kappa shape index (κ1) is 13.8. The summed E-state index contributed by atoms with van der Waals surface area (Å²) >= 11 is 0. The van der Waals surface area contributed by atoms with Gasteiger partial charge in [-0.1, -0.05) is 54.6 Å². The molecule has 3 heteroatoms. The lowest BCUT2D eigenvalue weighted by Crippen LogP contribution is -2.10. The first-order valence-electron chi connectivity index (χ1n) is 6.87. The zero-order chi connectivity index (χ0) is 14.9. The second-order valence-corrected chi connectivity index (χ2v) is 7.38. The molecule has 3 rings (SSSR count). The minimum Gasteiger partial charge on any atom is -0.223 e. The van der Waals surface area contributed by atoms with E-state index in [4.69, 9.17) is 0 Å². The molecule has 3 aromatic rings. The van der Waals surface area contributed by atoms with Gasteiger partial charge in [-0.15, -0.1) is 0 Å². The Labute approximate surface area is 125 Å². The van der Waals surface area contributed by atoms with Gasteiger partial charge in [-0.2, -0.15) is 0 Å². The number of rotatable bonds is 3. The zero-order valence-electron chi connectivity index (χ0n) is 11.7. The van der Waals surface area contributed by atoms with Crippen LogP contribution in [0.1, 0.15) is 17.7 Å². The van der Waals surface area contributed by atoms with E-state index < -0.39 is 15.1 Å². The van der Waals surface area contributed by atoms with E-state index >= 15 is 0 Å². The topological polar surface area (TPSA) is 34.1 Å². The van der Waals surface area contributed by atoms with Crippen molar-refractivity contribution in [1.82, 2.24) is 0 Å². The van der Waals surface area contributed by atoms with E-state index in [-0.39, 0.29) is 0 Å². The van der Waals surface area contributed by atoms with E-state index in [0.717, 1.165) is 16.3 Å². The molecule has 0 heterocycles. The molecule has 0 aliphatic heterocycles. The smallest absolute Gasteiger partial charge is 0.185 e. The van der Waals surface area contributed by atoms with Crippen LogP contribution < -0.4 is 0 Å². The van der Waals surface area contributed by atoms with Crippen LogP contribution in [0.5, 0.6) is 0 Å². The quantitative estimate of drug-likeness (QED) is 0.719. The molecule has 0 saturated carbocycles. The van der Waals surface area contributed by atoms with Crippen molar-refractivity contribution in [3.63, 3.8) is 0 Å². The molecule has 0 amide bonds. The average Bonchev–Trinajstić information content (AvgIpc) is 2.54. The molecule has 0 aromatic heterocycles. The minimum atomic E-state index is -3.36. The van der Waals surface area contributed by atoms with Crippen LogP contribution in [0.3, 0.4) is 0 Å². The molecule has 3 aromatic carbocycles. The monoisotopic (exact) mass is 296 g/mol. The van der Waals surface area contributed by atoms with Crippen LogP contribution in [0.15, 0.2) is 77.7 Å². The van der Waals surface area contributed by atoms with Gasteiger partial charge in [-0.3, -0.25) is 0 Å². The summed E-state index contributed by atoms with van der Waals surface area (Å²) in [6.07, 6.45) is 0. The fourth-order valence-corrected chi connectivity index (χ4v) is 3.90. The second kappa shape index (κ2) is 5.34. The summed E-state index contributed by atoms with van der Waals surface area (Å²) in [5.41, 5.74) is 0.817. The maximum Gasteiger partial charge on any atom is 0.185 e. The first-order valence-corrected chi connectivity index (χ1v) is 8.41. The van der Waals surface area contributed by atoms with Gasteiger partial charge in [-0.05, 0) is 41.5 Å². The fraction of sp³-hybridized carbons (Fsp3) is 0.111. The Morgan fingerprint density at radius 3 is 2.10 bits per heavy atom. The normalized spacial score (nSPS) is 13.2. The molecule has 2 nitrogen and oxygen atoms in total. The van der Waals surface area contributed by atoms with E-state index in [0.29, 0.717) is 4.90 Å². The van der Waals surface area contributed by atoms with Crippen molar-refractivity contribution in [3.05, 3.63) is 78.4 Å². The summed E-state index contributed by atoms with van der Waals surface area (Å²) in [6.45, 7) is 1.74. The number of hydrogen-bond acceptors (Lipinski definition) is 2. The Morgan fingerprint density at radius 1 is 0.762 bits per heavy atom. The van der Waals surface area contributed by atoms with Gasteiger partial charge < -0.3 is 0 Å². The second-order valence-electron chi connectivity index (χ2n) is 5.11. The van der Waals surface area contributed by atoms with Crippen LogP contribution in [0, 0.1) is 0 Å². The molecular formula is C18H16O2S. The van der Waals surface area contributed by atoms with Gasteiger partial charge in [0.05, 0.1) is 10.1 Å². The van der Waals surface area contributed by atoms with Crippen molar-refractivity contribution in [2.24, 2.45) is 0 Å². The van der Waals surface area contributed by atoms with E-state index in [2.05, 4.69) is 0 Å². The summed E-state index contributed by atoms with van der Waals surface area (Å²) in [5.74, 6) is 0. The summed E-state index contributed by atoms with van der Waals surface area (Å²) < 4.78 is 25.3. The van der Waals surface area contributed by atoms with Gasteiger partial charge in [0.2, 0.25) is 0 Å². The van der Waals surface area contributed by atoms with Gasteiger partial charge in [0.15, 0.2) is 9.84 Å². The third kappa shape index (κ3) is 2.57. The number of hydrogen-bond donors (Lipinski definition) is 0. The summed E-state index contributed by atoms with van der Waals surface area (Å²) in [6, 6.07) is 22.4. The predicted octanol–water partition coefficient (Wildman–Crippen LogP) is 4.37. The van der Waals surface area contributed by atoms with Crippen LogP contribution in [0.25, 0.3) is 10.8 Å². The first-order chi connectivity index (χ1) is 10.1. The fourth-order valence-electron chi connectivity index (χ4n) is 2.45. The average molecular weight is 296 g/mol. The van der Waals surface area contributed by atoms with E-state index in [1.807, 2.05) is 48.5 Å². The third-order valence-corrected chi connectivity index (χ3v) is 5.91. The molecule has 0 fully saturated rings. The van der Waals surface area contributed by atoms with Gasteiger partial charge in [-0.25, -0.2) is 8.42 Å². The number of fused-ring (bicyclic) bond motifs is 1. The van der Waals surface area contributed by atoms with Crippen LogP contribution in [0.4, 0.5) is 0 Å². The maximum absolute atomic E-state index is 12.7. The van der Waals surface area contributed by atoms with Crippen molar-refractivity contribution in [2.75, 3.05) is 0 Å². The Kier molecular flexibility index (Phi) is 3.52. The highest BCUT2D eigenvalue weighted by Gasteiger charge is 2.24. The molecule has 1 atom stereocenters. The highest BCUT2D eigenvalue weighted by atomic mass is 32.2. The highest BCUT2D eigenvalue weighted by molar-refractivity contribution is 7.91. The summed E-state index contributed by atoms with van der Waals surface area (Å²) in [5, 5.41) is 1.61. The van der Waals surface area contributed by atoms with Crippen LogP contribution in [-0.4, -0.2) is 8.42 Å². The third-order valence-electron chi connectivity index (χ3n) is 3.78. The summed E-state index contributed by atoms with van der Waals surface area (Å²) in [7, 11) is -3.36. The van der Waals surface area contributed by atoms with Gasteiger partial charge in [0.25, 0.3) is 0 Å². The summed E-state index contributed by atoms with van der Waals surface area (Å²) in [4.78, 5) is 0.366. The van der Waals surface area contributed by atoms with E-state index in [1.54, 1.807) is 31.2 Å². The largest absolute Gasteiger partial charge is 0.223 e. The van der Waals surface area contributed by atoms with E-state index in [9.17, 15) is 8.42 Å². The SMILES string of the molecule is CC(c1ccc2ccccc2c1)S(=O)(=O)c1ccccc1. The van der Waals surface area contributed by atoms with Gasteiger partial charge >= 0.3 is 0 Å². The Morgan fingerprint density at radius 2 is 1.38 bits per heavy atom. The van der Waals surface area contributed by atoms with E-state index in [1.165, 1.54) is 0 Å².